The number of sulfonamides is 1. The van der Waals surface area contributed by atoms with Crippen LogP contribution < -0.4 is 0 Å². The quantitative estimate of drug-likeness (QED) is 0.529. The molecule has 0 radical (unpaired) electrons. The van der Waals surface area contributed by atoms with Gasteiger partial charge in [-0.3, -0.25) is 10.1 Å². The summed E-state index contributed by atoms with van der Waals surface area (Å²) < 4.78 is 33.3. The van der Waals surface area contributed by atoms with Crippen molar-refractivity contribution in [3.8, 4) is 0 Å². The van der Waals surface area contributed by atoms with E-state index in [1.165, 1.54) is 27.8 Å². The third kappa shape index (κ3) is 4.12. The first-order chi connectivity index (χ1) is 12.4. The molecular formula is C17H20N2O5S2. The fourth-order valence-corrected chi connectivity index (χ4v) is 5.21. The standard InChI is InChI=1S/C17H20N2O5S2/c1-13-6-7-16(10-17(13)19(20)21)26(22,23)18(11-14-4-2-8-24-14)12-15-5-3-9-25-15/h3,5-7,9-10,14H,2,4,8,11-12H2,1H3/t14-/m1/s1. The van der Waals surface area contributed by atoms with Crippen LogP contribution in [0, 0.1) is 17.0 Å². The molecule has 3 rings (SSSR count). The monoisotopic (exact) mass is 396 g/mol. The fourth-order valence-electron chi connectivity index (χ4n) is 2.93. The van der Waals surface area contributed by atoms with Crippen LogP contribution in [0.4, 0.5) is 5.69 Å². The zero-order valence-corrected chi connectivity index (χ0v) is 16.0. The molecule has 2 aromatic rings. The summed E-state index contributed by atoms with van der Waals surface area (Å²) in [6.45, 7) is 2.68. The van der Waals surface area contributed by atoms with Crippen molar-refractivity contribution in [2.45, 2.75) is 37.3 Å². The van der Waals surface area contributed by atoms with Crippen LogP contribution in [-0.4, -0.2) is 36.9 Å². The Balaban J connectivity index is 1.94. The van der Waals surface area contributed by atoms with Crippen molar-refractivity contribution in [3.05, 3.63) is 56.3 Å². The molecule has 0 saturated carbocycles. The maximum absolute atomic E-state index is 13.2. The van der Waals surface area contributed by atoms with Gasteiger partial charge in [-0.05, 0) is 37.3 Å². The number of nitrogens with zero attached hydrogens (tertiary/aromatic N) is 2. The number of benzene rings is 1. The highest BCUT2D eigenvalue weighted by molar-refractivity contribution is 7.89. The van der Waals surface area contributed by atoms with Crippen LogP contribution in [0.5, 0.6) is 0 Å². The van der Waals surface area contributed by atoms with Crippen molar-refractivity contribution >= 4 is 27.0 Å². The molecule has 26 heavy (non-hydrogen) atoms. The minimum absolute atomic E-state index is 0.0654. The third-order valence-corrected chi connectivity index (χ3v) is 7.03. The molecule has 2 heterocycles. The molecule has 1 aromatic heterocycles. The van der Waals surface area contributed by atoms with Gasteiger partial charge in [0.1, 0.15) is 0 Å². The highest BCUT2D eigenvalue weighted by atomic mass is 32.2. The molecule has 9 heteroatoms. The Hall–Kier alpha value is -1.81. The predicted octanol–water partition coefficient (Wildman–Crippen LogP) is 3.33. The van der Waals surface area contributed by atoms with Crippen LogP contribution in [0.15, 0.2) is 40.6 Å². The van der Waals surface area contributed by atoms with Gasteiger partial charge in [-0.15, -0.1) is 11.3 Å². The van der Waals surface area contributed by atoms with Gasteiger partial charge < -0.3 is 4.74 Å². The largest absolute Gasteiger partial charge is 0.377 e. The number of nitro groups is 1. The normalized spacial score (nSPS) is 17.7. The molecule has 1 fully saturated rings. The molecule has 7 nitrogen and oxygen atoms in total. The lowest BCUT2D eigenvalue weighted by molar-refractivity contribution is -0.385. The number of aryl methyl sites for hydroxylation is 1. The van der Waals surface area contributed by atoms with Crippen LogP contribution >= 0.6 is 11.3 Å². The summed E-state index contributed by atoms with van der Waals surface area (Å²) in [6.07, 6.45) is 1.57. The van der Waals surface area contributed by atoms with Crippen molar-refractivity contribution in [2.24, 2.45) is 0 Å². The first-order valence-corrected chi connectivity index (χ1v) is 10.6. The summed E-state index contributed by atoms with van der Waals surface area (Å²) in [5, 5.41) is 13.1. The minimum atomic E-state index is -3.88. The number of ether oxygens (including phenoxy) is 1. The predicted molar refractivity (Wildman–Crippen MR) is 98.7 cm³/mol. The van der Waals surface area contributed by atoms with E-state index in [1.54, 1.807) is 6.92 Å². The van der Waals surface area contributed by atoms with Crippen LogP contribution in [0.3, 0.4) is 0 Å². The maximum Gasteiger partial charge on any atom is 0.273 e. The van der Waals surface area contributed by atoms with Crippen molar-refractivity contribution in [1.82, 2.24) is 4.31 Å². The van der Waals surface area contributed by atoms with E-state index in [9.17, 15) is 18.5 Å². The summed E-state index contributed by atoms with van der Waals surface area (Å²) in [4.78, 5) is 11.5. The zero-order valence-electron chi connectivity index (χ0n) is 14.3. The SMILES string of the molecule is Cc1ccc(S(=O)(=O)N(Cc2cccs2)C[C@H]2CCCO2)cc1[N+](=O)[O-]. The highest BCUT2D eigenvalue weighted by Crippen LogP contribution is 2.27. The number of rotatable bonds is 7. The molecule has 0 aliphatic carbocycles. The van der Waals surface area contributed by atoms with Gasteiger partial charge in [0.25, 0.3) is 5.69 Å². The highest BCUT2D eigenvalue weighted by Gasteiger charge is 2.30. The molecule has 0 bridgehead atoms. The molecule has 1 aromatic carbocycles. The van der Waals surface area contributed by atoms with Crippen molar-refractivity contribution in [1.29, 1.82) is 0 Å². The second kappa shape index (κ2) is 7.83. The Labute approximate surface area is 156 Å². The Kier molecular flexibility index (Phi) is 5.71. The molecule has 1 aliphatic rings. The zero-order chi connectivity index (χ0) is 18.7. The van der Waals surface area contributed by atoms with Gasteiger partial charge in [0.15, 0.2) is 0 Å². The van der Waals surface area contributed by atoms with Gasteiger partial charge in [-0.2, -0.15) is 4.31 Å². The number of thiophene rings is 1. The second-order valence-electron chi connectivity index (χ2n) is 6.22. The number of hydrogen-bond acceptors (Lipinski definition) is 6. The molecule has 0 amide bonds. The molecule has 0 unspecified atom stereocenters. The van der Waals surface area contributed by atoms with E-state index < -0.39 is 14.9 Å². The lowest BCUT2D eigenvalue weighted by Gasteiger charge is -2.24. The molecule has 1 aliphatic heterocycles. The Bertz CT molecular complexity index is 875. The summed E-state index contributed by atoms with van der Waals surface area (Å²) in [7, 11) is -3.88. The van der Waals surface area contributed by atoms with E-state index in [1.807, 2.05) is 17.5 Å². The molecule has 1 atom stereocenters. The van der Waals surface area contributed by atoms with Crippen LogP contribution in [-0.2, 0) is 21.3 Å². The van der Waals surface area contributed by atoms with E-state index in [2.05, 4.69) is 0 Å². The van der Waals surface area contributed by atoms with Gasteiger partial charge in [0, 0.05) is 36.2 Å². The molecule has 0 spiro atoms. The van der Waals surface area contributed by atoms with E-state index in [0.29, 0.717) is 12.2 Å². The molecule has 140 valence electrons. The van der Waals surface area contributed by atoms with Gasteiger partial charge in [0.2, 0.25) is 10.0 Å². The summed E-state index contributed by atoms with van der Waals surface area (Å²) in [6, 6.07) is 7.78. The van der Waals surface area contributed by atoms with E-state index >= 15 is 0 Å². The first kappa shape index (κ1) is 19.0. The average molecular weight is 396 g/mol. The minimum Gasteiger partial charge on any atom is -0.377 e. The van der Waals surface area contributed by atoms with Gasteiger partial charge >= 0.3 is 0 Å². The Morgan fingerprint density at radius 1 is 1.38 bits per heavy atom. The van der Waals surface area contributed by atoms with Crippen LogP contribution in [0.25, 0.3) is 0 Å². The lowest BCUT2D eigenvalue weighted by atomic mass is 10.2. The van der Waals surface area contributed by atoms with Gasteiger partial charge in [-0.1, -0.05) is 12.1 Å². The number of nitro benzene ring substituents is 1. The maximum atomic E-state index is 13.2. The van der Waals surface area contributed by atoms with Crippen LogP contribution in [0.1, 0.15) is 23.3 Å². The fraction of sp³-hybridized carbons (Fsp3) is 0.412. The topological polar surface area (TPSA) is 89.8 Å². The summed E-state index contributed by atoms with van der Waals surface area (Å²) in [5.41, 5.74) is 0.233. The van der Waals surface area contributed by atoms with E-state index in [4.69, 9.17) is 4.74 Å². The molecular weight excluding hydrogens is 376 g/mol. The van der Waals surface area contributed by atoms with Crippen molar-refractivity contribution in [2.75, 3.05) is 13.2 Å². The average Bonchev–Trinajstić information content (AvgIpc) is 3.28. The van der Waals surface area contributed by atoms with Gasteiger partial charge in [0.05, 0.1) is 15.9 Å². The summed E-state index contributed by atoms with van der Waals surface area (Å²) in [5.74, 6) is 0. The van der Waals surface area contributed by atoms with E-state index in [-0.39, 0.29) is 29.8 Å². The summed E-state index contributed by atoms with van der Waals surface area (Å²) >= 11 is 1.48. The van der Waals surface area contributed by atoms with Crippen LogP contribution in [0.2, 0.25) is 0 Å². The Morgan fingerprint density at radius 3 is 2.81 bits per heavy atom. The number of hydrogen-bond donors (Lipinski definition) is 0. The van der Waals surface area contributed by atoms with Crippen molar-refractivity contribution in [3.63, 3.8) is 0 Å². The third-order valence-electron chi connectivity index (χ3n) is 4.36. The lowest BCUT2D eigenvalue weighted by Crippen LogP contribution is -2.36. The molecule has 1 saturated heterocycles. The van der Waals surface area contributed by atoms with Gasteiger partial charge in [-0.25, -0.2) is 8.42 Å². The Morgan fingerprint density at radius 2 is 2.19 bits per heavy atom. The smallest absolute Gasteiger partial charge is 0.273 e. The second-order valence-corrected chi connectivity index (χ2v) is 9.19. The van der Waals surface area contributed by atoms with Crippen molar-refractivity contribution < 1.29 is 18.1 Å². The molecule has 0 N–H and O–H groups in total. The first-order valence-electron chi connectivity index (χ1n) is 8.27. The van der Waals surface area contributed by atoms with E-state index in [0.717, 1.165) is 23.8 Å².